The van der Waals surface area contributed by atoms with Crippen molar-refractivity contribution in [2.45, 2.75) is 50.6 Å². The molecule has 0 bridgehead atoms. The Morgan fingerprint density at radius 2 is 2.26 bits per heavy atom. The van der Waals surface area contributed by atoms with Crippen molar-refractivity contribution in [3.63, 3.8) is 0 Å². The number of aromatic nitrogens is 3. The molecule has 1 aliphatic rings. The van der Waals surface area contributed by atoms with Gasteiger partial charge < -0.3 is 15.5 Å². The molecule has 0 aliphatic carbocycles. The molecule has 3 heterocycles. The highest BCUT2D eigenvalue weighted by atomic mass is 32.1. The van der Waals surface area contributed by atoms with Crippen LogP contribution in [0.1, 0.15) is 35.8 Å². The highest BCUT2D eigenvalue weighted by Gasteiger charge is 2.39. The molecule has 1 unspecified atom stereocenters. The number of aromatic amines is 1. The average Bonchev–Trinajstić information content (AvgIpc) is 3.36. The molecule has 13 heteroatoms. The lowest BCUT2D eigenvalue weighted by molar-refractivity contribution is -0.115. The van der Waals surface area contributed by atoms with Crippen LogP contribution in [0.15, 0.2) is 12.3 Å². The van der Waals surface area contributed by atoms with Crippen LogP contribution in [0.25, 0.3) is 0 Å². The number of hydrogen-bond acceptors (Lipinski definition) is 7. The van der Waals surface area contributed by atoms with Gasteiger partial charge in [-0.1, -0.05) is 0 Å². The lowest BCUT2D eigenvalue weighted by Crippen LogP contribution is -2.46. The number of nitrogens with one attached hydrogen (secondary N) is 3. The molecule has 3 N–H and O–H groups in total. The predicted molar refractivity (Wildman–Crippen MR) is 111 cm³/mol. The number of rotatable bonds is 7. The largest absolute Gasteiger partial charge is 0.426 e. The van der Waals surface area contributed by atoms with Gasteiger partial charge in [0.05, 0.1) is 17.5 Å². The third-order valence-corrected chi connectivity index (χ3v) is 6.50. The maximum Gasteiger partial charge on any atom is 0.426 e. The predicted octanol–water partition coefficient (Wildman–Crippen LogP) is 2.11. The second-order valence-corrected chi connectivity index (χ2v) is 9.91. The zero-order chi connectivity index (χ0) is 22.8. The Kier molecular flexibility index (Phi) is 6.76. The third-order valence-electron chi connectivity index (χ3n) is 4.91. The Bertz CT molecular complexity index is 949. The van der Waals surface area contributed by atoms with Crippen molar-refractivity contribution in [1.29, 1.82) is 0 Å². The molecule has 9 nitrogen and oxygen atoms in total. The van der Waals surface area contributed by atoms with Crippen molar-refractivity contribution < 1.29 is 23.2 Å². The van der Waals surface area contributed by atoms with Gasteiger partial charge in [0.25, 0.3) is 5.92 Å². The van der Waals surface area contributed by atoms with E-state index in [1.807, 2.05) is 6.92 Å². The van der Waals surface area contributed by atoms with Crippen molar-refractivity contribution in [3.05, 3.63) is 27.8 Å². The number of nitrogens with zero attached hydrogens (tertiary/aromatic N) is 3. The summed E-state index contributed by atoms with van der Waals surface area (Å²) in [5.74, 6) is -2.90. The fourth-order valence-electron chi connectivity index (χ4n) is 2.98. The minimum Gasteiger partial charge on any atom is -0.351 e. The molecule has 31 heavy (non-hydrogen) atoms. The van der Waals surface area contributed by atoms with Gasteiger partial charge >= 0.3 is 6.09 Å². The topological polar surface area (TPSA) is 112 Å². The van der Waals surface area contributed by atoms with E-state index in [4.69, 9.17) is 4.84 Å². The number of aryl methyl sites for hydroxylation is 1. The summed E-state index contributed by atoms with van der Waals surface area (Å²) in [6.07, 6.45) is 1.50. The lowest BCUT2D eigenvalue weighted by Gasteiger charge is -2.24. The van der Waals surface area contributed by atoms with Gasteiger partial charge in [0.2, 0.25) is 5.91 Å². The number of carbonyl (C=O) groups excluding carboxylic acids is 2. The monoisotopic (exact) mass is 469 g/mol. The average molecular weight is 470 g/mol. The molecule has 167 valence electrons. The van der Waals surface area contributed by atoms with E-state index in [0.717, 1.165) is 16.8 Å². The molecule has 2 atom stereocenters. The van der Waals surface area contributed by atoms with Crippen LogP contribution in [-0.4, -0.2) is 67.5 Å². The number of alkyl halides is 2. The molecule has 1 fully saturated rings. The zero-order valence-corrected chi connectivity index (χ0v) is 19.1. The van der Waals surface area contributed by atoms with Crippen LogP contribution in [-0.2, 0) is 21.1 Å². The number of carbonyl (C=O) groups is 2. The van der Waals surface area contributed by atoms with Crippen molar-refractivity contribution in [3.8, 4) is 0 Å². The van der Waals surface area contributed by atoms with Crippen molar-refractivity contribution in [1.82, 2.24) is 25.6 Å². The maximum atomic E-state index is 13.2. The van der Waals surface area contributed by atoms with Gasteiger partial charge in [-0.2, -0.15) is 5.10 Å². The van der Waals surface area contributed by atoms with E-state index >= 15 is 0 Å². The van der Waals surface area contributed by atoms with Crippen LogP contribution in [0.5, 0.6) is 0 Å². The van der Waals surface area contributed by atoms with E-state index in [-0.39, 0.29) is 18.9 Å². The SMILES string of the molecule is Cc1ncc(CC(=O)Nc2cc([C@@]3([Si])CCN(OC(=O)NC(C)C(C)(F)F)C3)[nH]n2)s1. The molecule has 2 aromatic rings. The van der Waals surface area contributed by atoms with Crippen LogP contribution in [0, 0.1) is 6.92 Å². The van der Waals surface area contributed by atoms with Crippen molar-refractivity contribution >= 4 is 39.4 Å². The Morgan fingerprint density at radius 1 is 1.52 bits per heavy atom. The molecule has 2 amide bonds. The first-order chi connectivity index (χ1) is 14.4. The fourth-order valence-corrected chi connectivity index (χ4v) is 4.19. The highest BCUT2D eigenvalue weighted by Crippen LogP contribution is 2.31. The first kappa shape index (κ1) is 23.3. The summed E-state index contributed by atoms with van der Waals surface area (Å²) in [6.45, 7) is 4.46. The van der Waals surface area contributed by atoms with Crippen LogP contribution in [0.3, 0.4) is 0 Å². The van der Waals surface area contributed by atoms with E-state index in [1.165, 1.54) is 23.3 Å². The number of thiazole rings is 1. The van der Waals surface area contributed by atoms with Gasteiger partial charge in [0.15, 0.2) is 5.82 Å². The lowest BCUT2D eigenvalue weighted by atomic mass is 10.0. The number of halogens is 2. The molecule has 3 radical (unpaired) electrons. The summed E-state index contributed by atoms with van der Waals surface area (Å²) in [6, 6.07) is 0.343. The number of hydroxylamine groups is 2. The van der Waals surface area contributed by atoms with Crippen LogP contribution in [0.2, 0.25) is 0 Å². The molecule has 0 saturated carbocycles. The molecule has 3 rings (SSSR count). The summed E-state index contributed by atoms with van der Waals surface area (Å²) in [5.41, 5.74) is 0.688. The zero-order valence-electron chi connectivity index (χ0n) is 17.3. The summed E-state index contributed by atoms with van der Waals surface area (Å²) >= 11 is 1.46. The van der Waals surface area contributed by atoms with Crippen LogP contribution in [0.4, 0.5) is 19.4 Å². The van der Waals surface area contributed by atoms with E-state index < -0.39 is 23.1 Å². The molecule has 1 aliphatic heterocycles. The first-order valence-corrected chi connectivity index (χ1v) is 10.9. The summed E-state index contributed by atoms with van der Waals surface area (Å²) in [7, 11) is 3.70. The van der Waals surface area contributed by atoms with Gasteiger partial charge in [-0.05, 0) is 20.3 Å². The van der Waals surface area contributed by atoms with Crippen molar-refractivity contribution in [2.75, 3.05) is 18.4 Å². The van der Waals surface area contributed by atoms with Gasteiger partial charge in [0, 0.05) is 58.1 Å². The van der Waals surface area contributed by atoms with E-state index in [2.05, 4.69) is 36.1 Å². The molecule has 2 aromatic heterocycles. The van der Waals surface area contributed by atoms with Crippen molar-refractivity contribution in [2.24, 2.45) is 0 Å². The number of H-pyrrole nitrogens is 1. The number of amides is 2. The fraction of sp³-hybridized carbons (Fsp3) is 0.556. The second-order valence-electron chi connectivity index (χ2n) is 7.63. The summed E-state index contributed by atoms with van der Waals surface area (Å²) in [4.78, 5) is 34.2. The van der Waals surface area contributed by atoms with Crippen LogP contribution >= 0.6 is 11.3 Å². The first-order valence-electron chi connectivity index (χ1n) is 9.58. The van der Waals surface area contributed by atoms with Gasteiger partial charge in [-0.25, -0.2) is 18.6 Å². The Balaban J connectivity index is 1.53. The molecular weight excluding hydrogens is 446 g/mol. The molecular formula is C18H23F2N6O3SSi. The van der Waals surface area contributed by atoms with Gasteiger partial charge in [0.1, 0.15) is 0 Å². The smallest absolute Gasteiger partial charge is 0.351 e. The molecule has 0 aromatic carbocycles. The Hall–Kier alpha value is -2.38. The Labute approximate surface area is 185 Å². The quantitative estimate of drug-likeness (QED) is 0.536. The van der Waals surface area contributed by atoms with E-state index in [9.17, 15) is 18.4 Å². The van der Waals surface area contributed by atoms with Gasteiger partial charge in [-0.3, -0.25) is 9.89 Å². The summed E-state index contributed by atoms with van der Waals surface area (Å²) in [5, 5.41) is 13.5. The normalized spacial score (nSPS) is 20.5. The van der Waals surface area contributed by atoms with E-state index in [1.54, 1.807) is 12.3 Å². The standard InChI is InChI=1S/C18H23F2N6O3SSi/c1-10(17(3,19)20)22-16(28)29-26-5-4-18(31,9-26)13-7-14(25-24-13)23-15(27)6-12-8-21-11(2)30-12/h7-8,10H,4-6,9H2,1-3H3,(H,22,28)(H2,23,24,25,27)/t10?,18-/m1/s1. The third kappa shape index (κ3) is 6.08. The summed E-state index contributed by atoms with van der Waals surface area (Å²) < 4.78 is 26.4. The van der Waals surface area contributed by atoms with Gasteiger partial charge in [-0.15, -0.1) is 16.4 Å². The van der Waals surface area contributed by atoms with E-state index in [0.29, 0.717) is 24.5 Å². The Morgan fingerprint density at radius 3 is 2.90 bits per heavy atom. The second kappa shape index (κ2) is 9.00. The minimum absolute atomic E-state index is 0.207. The highest BCUT2D eigenvalue weighted by molar-refractivity contribution is 7.11. The minimum atomic E-state index is -3.06. The number of hydrogen-bond donors (Lipinski definition) is 3. The maximum absolute atomic E-state index is 13.2. The number of anilines is 1. The molecule has 0 spiro atoms. The molecule has 1 saturated heterocycles. The van der Waals surface area contributed by atoms with Crippen LogP contribution < -0.4 is 10.6 Å².